The number of halogens is 2. The van der Waals surface area contributed by atoms with Gasteiger partial charge in [0.15, 0.2) is 0 Å². The Morgan fingerprint density at radius 1 is 1.13 bits per heavy atom. The average molecular weight is 428 g/mol. The molecule has 2 aromatic heterocycles. The number of amides is 3. The van der Waals surface area contributed by atoms with Crippen LogP contribution >= 0.6 is 0 Å². The maximum Gasteiger partial charge on any atom is 0.387 e. The lowest BCUT2D eigenvalue weighted by Gasteiger charge is -2.22. The molecule has 160 valence electrons. The van der Waals surface area contributed by atoms with E-state index in [2.05, 4.69) is 15.0 Å². The summed E-state index contributed by atoms with van der Waals surface area (Å²) < 4.78 is 30.4. The van der Waals surface area contributed by atoms with Crippen LogP contribution in [0.5, 0.6) is 5.75 Å². The number of nitrogens with zero attached hydrogens (tertiary/aromatic N) is 3. The summed E-state index contributed by atoms with van der Waals surface area (Å²) in [6.45, 7) is 0.137. The molecule has 1 saturated heterocycles. The van der Waals surface area contributed by atoms with E-state index in [4.69, 9.17) is 0 Å². The summed E-state index contributed by atoms with van der Waals surface area (Å²) in [5.41, 5.74) is 0.0714. The molecule has 4 rings (SSSR count). The third kappa shape index (κ3) is 3.60. The van der Waals surface area contributed by atoms with Crippen molar-refractivity contribution in [2.75, 3.05) is 0 Å². The Morgan fingerprint density at radius 3 is 2.52 bits per heavy atom. The van der Waals surface area contributed by atoms with Crippen molar-refractivity contribution < 1.29 is 23.1 Å². The van der Waals surface area contributed by atoms with Crippen molar-refractivity contribution in [2.24, 2.45) is 0 Å². The number of imide groups is 1. The molecule has 0 aliphatic carbocycles. The van der Waals surface area contributed by atoms with Gasteiger partial charge in [-0.05, 0) is 43.7 Å². The molecule has 10 heteroatoms. The first-order chi connectivity index (χ1) is 14.7. The third-order valence-corrected chi connectivity index (χ3v) is 5.19. The Morgan fingerprint density at radius 2 is 1.84 bits per heavy atom. The molecular weight excluding hydrogens is 410 g/mol. The second kappa shape index (κ2) is 7.46. The van der Waals surface area contributed by atoms with Gasteiger partial charge in [-0.15, -0.1) is 0 Å². The molecule has 1 unspecified atom stereocenters. The van der Waals surface area contributed by atoms with Crippen LogP contribution in [0.2, 0.25) is 0 Å². The van der Waals surface area contributed by atoms with Gasteiger partial charge in [-0.2, -0.15) is 8.78 Å². The van der Waals surface area contributed by atoms with Gasteiger partial charge in [0.2, 0.25) is 0 Å². The number of nitrogens with one attached hydrogen (secondary N) is 1. The minimum absolute atomic E-state index is 0.0629. The van der Waals surface area contributed by atoms with E-state index in [0.717, 1.165) is 4.90 Å². The molecule has 0 saturated carbocycles. The van der Waals surface area contributed by atoms with Gasteiger partial charge in [-0.3, -0.25) is 18.9 Å². The van der Waals surface area contributed by atoms with E-state index in [1.807, 2.05) is 0 Å². The lowest BCUT2D eigenvalue weighted by atomic mass is 9.92. The van der Waals surface area contributed by atoms with Gasteiger partial charge in [0.1, 0.15) is 16.9 Å². The van der Waals surface area contributed by atoms with E-state index >= 15 is 0 Å². The SMILES string of the molecule is Cc1cccc2nc(CN3C(=O)NC(C)(c4ccc(OC(F)F)cc4)C3=O)cc(=O)n12. The lowest BCUT2D eigenvalue weighted by Crippen LogP contribution is -2.40. The zero-order valence-corrected chi connectivity index (χ0v) is 16.6. The van der Waals surface area contributed by atoms with E-state index in [1.54, 1.807) is 25.1 Å². The first kappa shape index (κ1) is 20.5. The number of alkyl halides is 2. The highest BCUT2D eigenvalue weighted by molar-refractivity contribution is 6.07. The predicted molar refractivity (Wildman–Crippen MR) is 106 cm³/mol. The highest BCUT2D eigenvalue weighted by Crippen LogP contribution is 2.31. The molecule has 8 nitrogen and oxygen atoms in total. The molecule has 0 bridgehead atoms. The first-order valence-electron chi connectivity index (χ1n) is 9.37. The van der Waals surface area contributed by atoms with Gasteiger partial charge in [0.05, 0.1) is 12.2 Å². The number of hydrogen-bond donors (Lipinski definition) is 1. The smallest absolute Gasteiger partial charge is 0.387 e. The Bertz CT molecular complexity index is 1240. The molecule has 0 spiro atoms. The molecule has 1 N–H and O–H groups in total. The number of benzene rings is 1. The molecule has 3 amide bonds. The largest absolute Gasteiger partial charge is 0.435 e. The Hall–Kier alpha value is -3.82. The molecule has 1 atom stereocenters. The minimum Gasteiger partial charge on any atom is -0.435 e. The van der Waals surface area contributed by atoms with E-state index in [-0.39, 0.29) is 23.5 Å². The van der Waals surface area contributed by atoms with Crippen molar-refractivity contribution in [2.45, 2.75) is 32.5 Å². The Kier molecular flexibility index (Phi) is 4.92. The van der Waals surface area contributed by atoms with E-state index in [9.17, 15) is 23.2 Å². The quantitative estimate of drug-likeness (QED) is 0.631. The molecule has 1 fully saturated rings. The van der Waals surface area contributed by atoms with Crippen molar-refractivity contribution >= 4 is 17.6 Å². The summed E-state index contributed by atoms with van der Waals surface area (Å²) in [6.07, 6.45) is 0. The molecular formula is C21H18F2N4O4. The van der Waals surface area contributed by atoms with Gasteiger partial charge in [0, 0.05) is 11.8 Å². The van der Waals surface area contributed by atoms with Gasteiger partial charge in [-0.1, -0.05) is 18.2 Å². The second-order valence-corrected chi connectivity index (χ2v) is 7.30. The predicted octanol–water partition coefficient (Wildman–Crippen LogP) is 2.57. The summed E-state index contributed by atoms with van der Waals surface area (Å²) in [4.78, 5) is 43.5. The van der Waals surface area contributed by atoms with Crippen LogP contribution < -0.4 is 15.6 Å². The fourth-order valence-electron chi connectivity index (χ4n) is 3.61. The highest BCUT2D eigenvalue weighted by atomic mass is 19.3. The maximum atomic E-state index is 13.1. The summed E-state index contributed by atoms with van der Waals surface area (Å²) in [5, 5.41) is 2.63. The van der Waals surface area contributed by atoms with Crippen molar-refractivity contribution in [3.63, 3.8) is 0 Å². The minimum atomic E-state index is -2.97. The second-order valence-electron chi connectivity index (χ2n) is 7.30. The number of rotatable bonds is 5. The average Bonchev–Trinajstić information content (AvgIpc) is 2.92. The third-order valence-electron chi connectivity index (χ3n) is 5.19. The molecule has 1 aromatic carbocycles. The van der Waals surface area contributed by atoms with Crippen molar-refractivity contribution in [3.8, 4) is 5.75 Å². The number of aryl methyl sites for hydroxylation is 1. The monoisotopic (exact) mass is 428 g/mol. The Balaban J connectivity index is 1.61. The maximum absolute atomic E-state index is 13.1. The van der Waals surface area contributed by atoms with E-state index in [1.165, 1.54) is 41.7 Å². The van der Waals surface area contributed by atoms with Crippen molar-refractivity contribution in [3.05, 3.63) is 75.8 Å². The fraction of sp³-hybridized carbons (Fsp3) is 0.238. The number of ether oxygens (including phenoxy) is 1. The summed E-state index contributed by atoms with van der Waals surface area (Å²) in [7, 11) is 0. The van der Waals surface area contributed by atoms with Gasteiger partial charge >= 0.3 is 12.6 Å². The first-order valence-corrected chi connectivity index (χ1v) is 9.37. The van der Waals surface area contributed by atoms with Crippen LogP contribution in [0.25, 0.3) is 5.65 Å². The number of hydrogen-bond acceptors (Lipinski definition) is 5. The van der Waals surface area contributed by atoms with Crippen molar-refractivity contribution in [1.29, 1.82) is 0 Å². The molecule has 1 aliphatic rings. The summed E-state index contributed by atoms with van der Waals surface area (Å²) in [6, 6.07) is 11.3. The highest BCUT2D eigenvalue weighted by Gasteiger charge is 2.49. The number of carbonyl (C=O) groups excluding carboxylic acids is 2. The molecule has 31 heavy (non-hydrogen) atoms. The molecule has 1 aliphatic heterocycles. The number of urea groups is 1. The summed E-state index contributed by atoms with van der Waals surface area (Å²) >= 11 is 0. The van der Waals surface area contributed by atoms with E-state index < -0.39 is 24.1 Å². The van der Waals surface area contributed by atoms with Gasteiger partial charge in [-0.25, -0.2) is 9.78 Å². The van der Waals surface area contributed by atoms with Crippen molar-refractivity contribution in [1.82, 2.24) is 19.6 Å². The number of fused-ring (bicyclic) bond motifs is 1. The number of aromatic nitrogens is 2. The van der Waals surface area contributed by atoms with Crippen LogP contribution in [0, 0.1) is 6.92 Å². The molecule has 3 heterocycles. The van der Waals surface area contributed by atoms with Gasteiger partial charge < -0.3 is 10.1 Å². The standard InChI is InChI=1S/C21H18F2N4O4/c1-12-4-3-5-16-24-14(10-17(28)27(12)16)11-26-18(29)21(2,25-20(26)30)13-6-8-15(9-7-13)31-19(22)23/h3-10,19H,11H2,1-2H3,(H,25,30). The normalized spacial score (nSPS) is 18.7. The lowest BCUT2D eigenvalue weighted by molar-refractivity contribution is -0.131. The van der Waals surface area contributed by atoms with Crippen LogP contribution in [-0.2, 0) is 16.9 Å². The number of carbonyl (C=O) groups is 2. The molecule has 0 radical (unpaired) electrons. The van der Waals surface area contributed by atoms with E-state index in [0.29, 0.717) is 16.9 Å². The summed E-state index contributed by atoms with van der Waals surface area (Å²) in [5.74, 6) is -0.613. The van der Waals surface area contributed by atoms with Crippen LogP contribution in [0.15, 0.2) is 53.3 Å². The topological polar surface area (TPSA) is 93.0 Å². The van der Waals surface area contributed by atoms with Crippen LogP contribution in [-0.4, -0.2) is 32.8 Å². The zero-order valence-electron chi connectivity index (χ0n) is 16.6. The Labute approximate surface area is 175 Å². The van der Waals surface area contributed by atoms with Crippen LogP contribution in [0.1, 0.15) is 23.9 Å². The fourth-order valence-corrected chi connectivity index (χ4v) is 3.61. The van der Waals surface area contributed by atoms with Crippen LogP contribution in [0.4, 0.5) is 13.6 Å². The zero-order chi connectivity index (χ0) is 22.3. The van der Waals surface area contributed by atoms with Gasteiger partial charge in [0.25, 0.3) is 11.5 Å². The van der Waals surface area contributed by atoms with Crippen LogP contribution in [0.3, 0.4) is 0 Å². The number of pyridine rings is 1. The molecule has 3 aromatic rings.